The van der Waals surface area contributed by atoms with Gasteiger partial charge in [0.2, 0.25) is 0 Å². The van der Waals surface area contributed by atoms with Crippen molar-refractivity contribution < 1.29 is 14.3 Å². The zero-order valence-corrected chi connectivity index (χ0v) is 16.2. The topological polar surface area (TPSA) is 58.6 Å². The molecule has 5 heteroatoms. The molecule has 0 aromatic heterocycles. The van der Waals surface area contributed by atoms with Crippen LogP contribution in [0.2, 0.25) is 0 Å². The fourth-order valence-corrected chi connectivity index (χ4v) is 3.95. The van der Waals surface area contributed by atoms with E-state index in [1.54, 1.807) is 4.90 Å². The van der Waals surface area contributed by atoms with Gasteiger partial charge >= 0.3 is 0 Å². The van der Waals surface area contributed by atoms with E-state index in [4.69, 9.17) is 4.74 Å². The summed E-state index contributed by atoms with van der Waals surface area (Å²) in [5, 5.41) is 2.96. The van der Waals surface area contributed by atoms with Gasteiger partial charge in [-0.1, -0.05) is 31.5 Å². The Morgan fingerprint density at radius 1 is 1.18 bits per heavy atom. The van der Waals surface area contributed by atoms with Crippen molar-refractivity contribution in [3.8, 4) is 0 Å². The maximum Gasteiger partial charge on any atom is 0.256 e. The number of aryl methyl sites for hydroxylation is 1. The SMILES string of the molecule is CCCc1ccc(C(=O)Nc2ccc3c(c2)N(C(=O)C2CCCO2)CC3)cc1. The molecule has 1 unspecified atom stereocenters. The summed E-state index contributed by atoms with van der Waals surface area (Å²) >= 11 is 0. The number of anilines is 2. The fourth-order valence-electron chi connectivity index (χ4n) is 3.95. The van der Waals surface area contributed by atoms with E-state index in [1.807, 2.05) is 42.5 Å². The number of ether oxygens (including phenoxy) is 1. The van der Waals surface area contributed by atoms with Crippen LogP contribution in [0.3, 0.4) is 0 Å². The Morgan fingerprint density at radius 3 is 2.71 bits per heavy atom. The summed E-state index contributed by atoms with van der Waals surface area (Å²) in [7, 11) is 0. The van der Waals surface area contributed by atoms with Gasteiger partial charge in [0.15, 0.2) is 0 Å². The summed E-state index contributed by atoms with van der Waals surface area (Å²) in [6.45, 7) is 3.47. The van der Waals surface area contributed by atoms with Gasteiger partial charge in [-0.05, 0) is 61.1 Å². The third-order valence-electron chi connectivity index (χ3n) is 5.46. The maximum absolute atomic E-state index is 12.8. The van der Waals surface area contributed by atoms with Crippen molar-refractivity contribution in [2.45, 2.75) is 45.1 Å². The molecule has 146 valence electrons. The van der Waals surface area contributed by atoms with Crippen LogP contribution in [0.1, 0.15) is 47.7 Å². The van der Waals surface area contributed by atoms with E-state index in [0.29, 0.717) is 24.4 Å². The summed E-state index contributed by atoms with van der Waals surface area (Å²) in [5.41, 5.74) is 4.59. The van der Waals surface area contributed by atoms with Crippen molar-refractivity contribution in [2.75, 3.05) is 23.4 Å². The van der Waals surface area contributed by atoms with Crippen LogP contribution in [0, 0.1) is 0 Å². The van der Waals surface area contributed by atoms with Crippen LogP contribution in [-0.2, 0) is 22.4 Å². The first-order chi connectivity index (χ1) is 13.7. The first-order valence-electron chi connectivity index (χ1n) is 10.1. The van der Waals surface area contributed by atoms with E-state index in [9.17, 15) is 9.59 Å². The normalized spacial score (nSPS) is 18.2. The van der Waals surface area contributed by atoms with E-state index in [-0.39, 0.29) is 17.9 Å². The number of nitrogens with one attached hydrogen (secondary N) is 1. The Labute approximate surface area is 165 Å². The maximum atomic E-state index is 12.8. The highest BCUT2D eigenvalue weighted by atomic mass is 16.5. The van der Waals surface area contributed by atoms with Crippen LogP contribution < -0.4 is 10.2 Å². The zero-order valence-electron chi connectivity index (χ0n) is 16.2. The number of rotatable bonds is 5. The van der Waals surface area contributed by atoms with Gasteiger partial charge < -0.3 is 15.0 Å². The van der Waals surface area contributed by atoms with Gasteiger partial charge in [-0.3, -0.25) is 9.59 Å². The molecule has 0 spiro atoms. The first kappa shape index (κ1) is 18.7. The molecule has 2 heterocycles. The second-order valence-corrected chi connectivity index (χ2v) is 7.49. The molecule has 1 fully saturated rings. The largest absolute Gasteiger partial charge is 0.368 e. The van der Waals surface area contributed by atoms with Crippen LogP contribution in [0.15, 0.2) is 42.5 Å². The van der Waals surface area contributed by atoms with Gasteiger partial charge in [0.1, 0.15) is 6.10 Å². The number of hydrogen-bond acceptors (Lipinski definition) is 3. The van der Waals surface area contributed by atoms with Crippen molar-refractivity contribution in [3.63, 3.8) is 0 Å². The van der Waals surface area contributed by atoms with Crippen molar-refractivity contribution in [1.82, 2.24) is 0 Å². The van der Waals surface area contributed by atoms with E-state index >= 15 is 0 Å². The lowest BCUT2D eigenvalue weighted by molar-refractivity contribution is -0.127. The number of amides is 2. The molecule has 5 nitrogen and oxygen atoms in total. The van der Waals surface area contributed by atoms with Crippen LogP contribution in [0.25, 0.3) is 0 Å². The monoisotopic (exact) mass is 378 g/mol. The lowest BCUT2D eigenvalue weighted by Crippen LogP contribution is -2.37. The third-order valence-corrected chi connectivity index (χ3v) is 5.46. The number of carbonyl (C=O) groups is 2. The minimum atomic E-state index is -0.328. The molecule has 2 aromatic carbocycles. The third kappa shape index (κ3) is 3.80. The fraction of sp³-hybridized carbons (Fsp3) is 0.391. The summed E-state index contributed by atoms with van der Waals surface area (Å²) in [6, 6.07) is 13.5. The second-order valence-electron chi connectivity index (χ2n) is 7.49. The Bertz CT molecular complexity index is 870. The molecule has 1 N–H and O–H groups in total. The number of carbonyl (C=O) groups excluding carboxylic acids is 2. The number of benzene rings is 2. The number of hydrogen-bond donors (Lipinski definition) is 1. The predicted molar refractivity (Wildman–Crippen MR) is 110 cm³/mol. The number of nitrogens with zero attached hydrogens (tertiary/aromatic N) is 1. The molecule has 0 aliphatic carbocycles. The molecule has 2 aliphatic heterocycles. The van der Waals surface area contributed by atoms with Gasteiger partial charge in [0.05, 0.1) is 0 Å². The van der Waals surface area contributed by atoms with Crippen molar-refractivity contribution >= 4 is 23.2 Å². The molecule has 2 aromatic rings. The van der Waals surface area contributed by atoms with Crippen molar-refractivity contribution in [3.05, 3.63) is 59.2 Å². The molecular weight excluding hydrogens is 352 g/mol. The Balaban J connectivity index is 1.48. The van der Waals surface area contributed by atoms with Gasteiger partial charge in [0, 0.05) is 30.1 Å². The quantitative estimate of drug-likeness (QED) is 0.857. The molecule has 4 rings (SSSR count). The Hall–Kier alpha value is -2.66. The average molecular weight is 378 g/mol. The van der Waals surface area contributed by atoms with Gasteiger partial charge in [-0.15, -0.1) is 0 Å². The van der Waals surface area contributed by atoms with Crippen LogP contribution >= 0.6 is 0 Å². The smallest absolute Gasteiger partial charge is 0.256 e. The summed E-state index contributed by atoms with van der Waals surface area (Å²) in [6.07, 6.45) is 4.33. The lowest BCUT2D eigenvalue weighted by Gasteiger charge is -2.21. The average Bonchev–Trinajstić information content (AvgIpc) is 3.38. The molecular formula is C23H26N2O3. The Kier molecular flexibility index (Phi) is 5.44. The highest BCUT2D eigenvalue weighted by Gasteiger charge is 2.32. The molecule has 28 heavy (non-hydrogen) atoms. The van der Waals surface area contributed by atoms with Gasteiger partial charge in [-0.25, -0.2) is 0 Å². The second kappa shape index (κ2) is 8.15. The van der Waals surface area contributed by atoms with Gasteiger partial charge in [-0.2, -0.15) is 0 Å². The first-order valence-corrected chi connectivity index (χ1v) is 10.1. The van der Waals surface area contributed by atoms with E-state index in [2.05, 4.69) is 12.2 Å². The zero-order chi connectivity index (χ0) is 19.5. The number of fused-ring (bicyclic) bond motifs is 1. The highest BCUT2D eigenvalue weighted by Crippen LogP contribution is 2.32. The van der Waals surface area contributed by atoms with E-state index in [0.717, 1.165) is 43.4 Å². The van der Waals surface area contributed by atoms with E-state index in [1.165, 1.54) is 5.56 Å². The summed E-state index contributed by atoms with van der Waals surface area (Å²) < 4.78 is 5.56. The molecule has 2 amide bonds. The molecule has 2 aliphatic rings. The minimum Gasteiger partial charge on any atom is -0.368 e. The van der Waals surface area contributed by atoms with Crippen molar-refractivity contribution in [1.29, 1.82) is 0 Å². The summed E-state index contributed by atoms with van der Waals surface area (Å²) in [4.78, 5) is 27.2. The molecule has 1 atom stereocenters. The predicted octanol–water partition coefficient (Wildman–Crippen LogP) is 3.96. The van der Waals surface area contributed by atoms with Crippen LogP contribution in [-0.4, -0.2) is 31.1 Å². The minimum absolute atomic E-state index is 0.0336. The highest BCUT2D eigenvalue weighted by molar-refractivity contribution is 6.05. The lowest BCUT2D eigenvalue weighted by atomic mass is 10.1. The van der Waals surface area contributed by atoms with E-state index < -0.39 is 0 Å². The van der Waals surface area contributed by atoms with Gasteiger partial charge in [0.25, 0.3) is 11.8 Å². The van der Waals surface area contributed by atoms with Crippen molar-refractivity contribution in [2.24, 2.45) is 0 Å². The molecule has 0 saturated carbocycles. The van der Waals surface area contributed by atoms with Crippen LogP contribution in [0.5, 0.6) is 0 Å². The Morgan fingerprint density at radius 2 is 2.00 bits per heavy atom. The summed E-state index contributed by atoms with van der Waals surface area (Å²) in [5.74, 6) is -0.107. The van der Waals surface area contributed by atoms with Crippen LogP contribution in [0.4, 0.5) is 11.4 Å². The molecule has 0 bridgehead atoms. The standard InChI is InChI=1S/C23H26N2O3/c1-2-4-16-6-8-18(9-7-16)22(26)24-19-11-10-17-12-13-25(20(17)15-19)23(27)21-5-3-14-28-21/h6-11,15,21H,2-5,12-14H2,1H3,(H,24,26). The molecule has 0 radical (unpaired) electrons. The molecule has 1 saturated heterocycles.